The largest absolute Gasteiger partial charge is 0.375 e. The molecule has 0 aromatic rings. The van der Waals surface area contributed by atoms with Gasteiger partial charge in [0, 0.05) is 6.42 Å². The Morgan fingerprint density at radius 3 is 2.50 bits per heavy atom. The van der Waals surface area contributed by atoms with Gasteiger partial charge < -0.3 is 16.2 Å². The third-order valence-electron chi connectivity index (χ3n) is 4.96. The van der Waals surface area contributed by atoms with Crippen molar-refractivity contribution in [3.05, 3.63) is 0 Å². The highest BCUT2D eigenvalue weighted by Crippen LogP contribution is 2.41. The quantitative estimate of drug-likeness (QED) is 0.834. The fraction of sp³-hybridized carbons (Fsp3) is 0.938. The summed E-state index contributed by atoms with van der Waals surface area (Å²) in [6, 6.07) is 0. The van der Waals surface area contributed by atoms with Crippen LogP contribution in [-0.2, 0) is 9.53 Å². The van der Waals surface area contributed by atoms with E-state index in [9.17, 15) is 4.79 Å². The van der Waals surface area contributed by atoms with Gasteiger partial charge in [0.05, 0.1) is 17.7 Å². The minimum atomic E-state index is -0.862. The maximum Gasteiger partial charge on any atom is 0.237 e. The van der Waals surface area contributed by atoms with E-state index in [1.807, 2.05) is 0 Å². The molecule has 2 saturated carbocycles. The van der Waals surface area contributed by atoms with Gasteiger partial charge in [-0.25, -0.2) is 0 Å². The molecular weight excluding hydrogens is 252 g/mol. The number of ether oxygens (including phenoxy) is 1. The Kier molecular flexibility index (Phi) is 4.45. The summed E-state index contributed by atoms with van der Waals surface area (Å²) >= 11 is 0. The van der Waals surface area contributed by atoms with Gasteiger partial charge in [0.2, 0.25) is 5.91 Å². The van der Waals surface area contributed by atoms with Crippen LogP contribution in [0.2, 0.25) is 0 Å². The smallest absolute Gasteiger partial charge is 0.237 e. The van der Waals surface area contributed by atoms with Crippen molar-refractivity contribution in [3.8, 4) is 0 Å². The second-order valence-corrected chi connectivity index (χ2v) is 7.91. The Morgan fingerprint density at radius 2 is 1.90 bits per heavy atom. The van der Waals surface area contributed by atoms with Gasteiger partial charge in [-0.05, 0) is 49.9 Å². The number of rotatable bonds is 3. The zero-order valence-corrected chi connectivity index (χ0v) is 13.2. The minimum Gasteiger partial charge on any atom is -0.375 e. The number of carbonyl (C=O) groups is 1. The van der Waals surface area contributed by atoms with Gasteiger partial charge in [0.15, 0.2) is 0 Å². The lowest BCUT2D eigenvalue weighted by Gasteiger charge is -2.42. The molecule has 4 nitrogen and oxygen atoms in total. The predicted molar refractivity (Wildman–Crippen MR) is 80.0 cm³/mol. The monoisotopic (exact) mass is 282 g/mol. The number of hydrogen-bond donors (Lipinski definition) is 2. The molecule has 0 saturated heterocycles. The second-order valence-electron chi connectivity index (χ2n) is 7.91. The molecule has 0 heterocycles. The average Bonchev–Trinajstić information content (AvgIpc) is 2.25. The molecule has 2 aliphatic rings. The van der Waals surface area contributed by atoms with Crippen molar-refractivity contribution < 1.29 is 9.53 Å². The maximum absolute atomic E-state index is 11.5. The molecule has 0 aliphatic heterocycles. The fourth-order valence-corrected chi connectivity index (χ4v) is 4.23. The molecule has 4 unspecified atom stereocenters. The first kappa shape index (κ1) is 15.8. The molecule has 20 heavy (non-hydrogen) atoms. The maximum atomic E-state index is 11.5. The Morgan fingerprint density at radius 1 is 1.20 bits per heavy atom. The summed E-state index contributed by atoms with van der Waals surface area (Å²) in [5.74, 6) is 0.314. The van der Waals surface area contributed by atoms with Crippen LogP contribution in [0.5, 0.6) is 0 Å². The SMILES string of the molecule is CC1CC(OC2CCCC(N)(C(N)=O)C2)CC(C)(C)C1. The third kappa shape index (κ3) is 3.73. The van der Waals surface area contributed by atoms with Crippen LogP contribution in [0.1, 0.15) is 65.7 Å². The number of hydrogen-bond acceptors (Lipinski definition) is 3. The van der Waals surface area contributed by atoms with Gasteiger partial charge in [0.25, 0.3) is 0 Å². The van der Waals surface area contributed by atoms with E-state index in [-0.39, 0.29) is 12.0 Å². The van der Waals surface area contributed by atoms with E-state index < -0.39 is 5.54 Å². The van der Waals surface area contributed by atoms with Gasteiger partial charge in [-0.2, -0.15) is 0 Å². The standard InChI is InChI=1S/C16H30N2O2/c1-11-7-13(9-15(2,3)8-11)20-12-5-4-6-16(18,10-12)14(17)19/h11-13H,4-10,18H2,1-3H3,(H2,17,19). The fourth-order valence-electron chi connectivity index (χ4n) is 4.23. The summed E-state index contributed by atoms with van der Waals surface area (Å²) in [5.41, 5.74) is 11.1. The van der Waals surface area contributed by atoms with Crippen molar-refractivity contribution in [2.45, 2.75) is 83.5 Å². The van der Waals surface area contributed by atoms with E-state index in [0.29, 0.717) is 30.3 Å². The van der Waals surface area contributed by atoms with Crippen molar-refractivity contribution in [2.24, 2.45) is 22.8 Å². The molecular formula is C16H30N2O2. The van der Waals surface area contributed by atoms with Crippen molar-refractivity contribution in [1.29, 1.82) is 0 Å². The summed E-state index contributed by atoms with van der Waals surface area (Å²) < 4.78 is 6.30. The number of carbonyl (C=O) groups excluding carboxylic acids is 1. The van der Waals surface area contributed by atoms with E-state index >= 15 is 0 Å². The molecule has 116 valence electrons. The van der Waals surface area contributed by atoms with E-state index in [2.05, 4.69) is 20.8 Å². The molecule has 4 heteroatoms. The average molecular weight is 282 g/mol. The predicted octanol–water partition coefficient (Wildman–Crippen LogP) is 2.34. The molecule has 0 aromatic heterocycles. The lowest BCUT2D eigenvalue weighted by Crippen LogP contribution is -2.56. The van der Waals surface area contributed by atoms with E-state index in [1.165, 1.54) is 6.42 Å². The number of primary amides is 1. The molecule has 0 bridgehead atoms. The van der Waals surface area contributed by atoms with Crippen LogP contribution < -0.4 is 11.5 Å². The first-order chi connectivity index (χ1) is 9.20. The molecule has 4 atom stereocenters. The first-order valence-electron chi connectivity index (χ1n) is 7.94. The van der Waals surface area contributed by atoms with Crippen LogP contribution in [0.15, 0.2) is 0 Å². The van der Waals surface area contributed by atoms with Crippen LogP contribution in [0.25, 0.3) is 0 Å². The molecule has 2 fully saturated rings. The second kappa shape index (κ2) is 5.64. The van der Waals surface area contributed by atoms with Crippen LogP contribution >= 0.6 is 0 Å². The normalized spacial score (nSPS) is 41.3. The molecule has 0 aromatic carbocycles. The van der Waals surface area contributed by atoms with Crippen molar-refractivity contribution in [1.82, 2.24) is 0 Å². The molecule has 2 aliphatic carbocycles. The van der Waals surface area contributed by atoms with Crippen LogP contribution in [0.4, 0.5) is 0 Å². The van der Waals surface area contributed by atoms with Gasteiger partial charge >= 0.3 is 0 Å². The Hall–Kier alpha value is -0.610. The van der Waals surface area contributed by atoms with Gasteiger partial charge in [-0.1, -0.05) is 20.8 Å². The molecule has 2 rings (SSSR count). The summed E-state index contributed by atoms with van der Waals surface area (Å²) in [5, 5.41) is 0. The zero-order valence-electron chi connectivity index (χ0n) is 13.2. The summed E-state index contributed by atoms with van der Waals surface area (Å²) in [6.45, 7) is 6.93. The highest BCUT2D eigenvalue weighted by Gasteiger charge is 2.40. The van der Waals surface area contributed by atoms with E-state index in [0.717, 1.165) is 25.7 Å². The van der Waals surface area contributed by atoms with Crippen LogP contribution in [-0.4, -0.2) is 23.7 Å². The third-order valence-corrected chi connectivity index (χ3v) is 4.96. The summed E-state index contributed by atoms with van der Waals surface area (Å²) in [7, 11) is 0. The zero-order chi connectivity index (χ0) is 15.0. The first-order valence-corrected chi connectivity index (χ1v) is 7.94. The van der Waals surface area contributed by atoms with Gasteiger partial charge in [0.1, 0.15) is 0 Å². The van der Waals surface area contributed by atoms with Crippen molar-refractivity contribution in [2.75, 3.05) is 0 Å². The molecule has 0 radical (unpaired) electrons. The highest BCUT2D eigenvalue weighted by molar-refractivity contribution is 5.84. The van der Waals surface area contributed by atoms with Crippen molar-refractivity contribution in [3.63, 3.8) is 0 Å². The topological polar surface area (TPSA) is 78.3 Å². The lowest BCUT2D eigenvalue weighted by atomic mass is 9.71. The molecule has 0 spiro atoms. The van der Waals surface area contributed by atoms with Gasteiger partial charge in [-0.15, -0.1) is 0 Å². The Balaban J connectivity index is 1.94. The van der Waals surface area contributed by atoms with Crippen LogP contribution in [0, 0.1) is 11.3 Å². The van der Waals surface area contributed by atoms with Crippen LogP contribution in [0.3, 0.4) is 0 Å². The van der Waals surface area contributed by atoms with E-state index in [1.54, 1.807) is 0 Å². The highest BCUT2D eigenvalue weighted by atomic mass is 16.5. The number of nitrogens with two attached hydrogens (primary N) is 2. The Labute approximate surface area is 122 Å². The van der Waals surface area contributed by atoms with E-state index in [4.69, 9.17) is 16.2 Å². The summed E-state index contributed by atoms with van der Waals surface area (Å²) in [4.78, 5) is 11.5. The Bertz CT molecular complexity index is 369. The molecule has 1 amide bonds. The lowest BCUT2D eigenvalue weighted by molar-refractivity contribution is -0.130. The number of amides is 1. The summed E-state index contributed by atoms with van der Waals surface area (Å²) in [6.07, 6.45) is 7.06. The minimum absolute atomic E-state index is 0.0901. The van der Waals surface area contributed by atoms with Gasteiger partial charge in [-0.3, -0.25) is 4.79 Å². The molecule has 4 N–H and O–H groups in total. The van der Waals surface area contributed by atoms with Crippen molar-refractivity contribution >= 4 is 5.91 Å².